The van der Waals surface area contributed by atoms with Crippen LogP contribution in [0, 0.1) is 0 Å². The highest BCUT2D eigenvalue weighted by Gasteiger charge is 2.38. The number of carbonyl (C=O) groups is 2. The SMILES string of the molecule is CC(=O)NC1(c2noc(CCC(=O)Nc3cnc4ccccc4c3)n2)CCCCCC1. The van der Waals surface area contributed by atoms with Gasteiger partial charge in [-0.1, -0.05) is 49.0 Å². The molecule has 4 rings (SSSR count). The van der Waals surface area contributed by atoms with Crippen LogP contribution in [0.5, 0.6) is 0 Å². The van der Waals surface area contributed by atoms with Gasteiger partial charge in [0.05, 0.1) is 17.4 Å². The Labute approximate surface area is 180 Å². The molecular formula is C23H27N5O3. The molecule has 2 heterocycles. The van der Waals surface area contributed by atoms with Crippen molar-refractivity contribution in [2.24, 2.45) is 0 Å². The minimum atomic E-state index is -0.580. The topological polar surface area (TPSA) is 110 Å². The highest BCUT2D eigenvalue weighted by molar-refractivity contribution is 5.93. The predicted molar refractivity (Wildman–Crippen MR) is 116 cm³/mol. The van der Waals surface area contributed by atoms with E-state index in [9.17, 15) is 9.59 Å². The number of nitrogens with zero attached hydrogens (tertiary/aromatic N) is 3. The number of para-hydroxylation sites is 1. The molecular weight excluding hydrogens is 394 g/mol. The van der Waals surface area contributed by atoms with Crippen LogP contribution in [0.3, 0.4) is 0 Å². The molecule has 3 aromatic rings. The number of carbonyl (C=O) groups excluding carboxylic acids is 2. The van der Waals surface area contributed by atoms with E-state index in [0.717, 1.165) is 49.4 Å². The zero-order chi connectivity index (χ0) is 21.7. The molecule has 0 unspecified atom stereocenters. The van der Waals surface area contributed by atoms with E-state index in [1.165, 1.54) is 6.92 Å². The molecule has 1 aliphatic carbocycles. The number of aromatic nitrogens is 3. The zero-order valence-electron chi connectivity index (χ0n) is 17.7. The number of anilines is 1. The number of hydrogen-bond donors (Lipinski definition) is 2. The first kappa shape index (κ1) is 21.0. The molecule has 8 nitrogen and oxygen atoms in total. The Morgan fingerprint density at radius 2 is 1.90 bits per heavy atom. The van der Waals surface area contributed by atoms with Crippen LogP contribution in [-0.4, -0.2) is 26.9 Å². The Morgan fingerprint density at radius 1 is 1.13 bits per heavy atom. The van der Waals surface area contributed by atoms with E-state index in [0.29, 0.717) is 23.8 Å². The van der Waals surface area contributed by atoms with Gasteiger partial charge in [-0.25, -0.2) is 0 Å². The number of pyridine rings is 1. The molecule has 2 N–H and O–H groups in total. The maximum absolute atomic E-state index is 12.4. The van der Waals surface area contributed by atoms with Crippen LogP contribution < -0.4 is 10.6 Å². The van der Waals surface area contributed by atoms with E-state index < -0.39 is 5.54 Å². The molecule has 8 heteroatoms. The third kappa shape index (κ3) is 5.07. The second kappa shape index (κ2) is 9.24. The summed E-state index contributed by atoms with van der Waals surface area (Å²) in [6.07, 6.45) is 8.05. The van der Waals surface area contributed by atoms with Gasteiger partial charge in [0.1, 0.15) is 5.54 Å². The van der Waals surface area contributed by atoms with Gasteiger partial charge in [-0.3, -0.25) is 14.6 Å². The highest BCUT2D eigenvalue weighted by Crippen LogP contribution is 2.34. The molecule has 1 aromatic carbocycles. The van der Waals surface area contributed by atoms with Gasteiger partial charge in [-0.05, 0) is 25.0 Å². The molecule has 31 heavy (non-hydrogen) atoms. The van der Waals surface area contributed by atoms with Crippen LogP contribution in [-0.2, 0) is 21.5 Å². The second-order valence-electron chi connectivity index (χ2n) is 8.15. The minimum absolute atomic E-state index is 0.100. The standard InChI is InChI=1S/C23H27N5O3/c1-16(29)27-23(12-6-2-3-7-13-23)22-26-21(31-28-22)11-10-20(30)25-18-14-17-8-4-5-9-19(17)24-15-18/h4-5,8-9,14-15H,2-3,6-7,10-13H2,1H3,(H,25,30)(H,27,29). The summed E-state index contributed by atoms with van der Waals surface area (Å²) >= 11 is 0. The summed E-state index contributed by atoms with van der Waals surface area (Å²) < 4.78 is 5.42. The van der Waals surface area contributed by atoms with E-state index >= 15 is 0 Å². The Morgan fingerprint density at radius 3 is 2.68 bits per heavy atom. The summed E-state index contributed by atoms with van der Waals surface area (Å²) in [5.41, 5.74) is 0.951. The first-order valence-electron chi connectivity index (χ1n) is 10.8. The lowest BCUT2D eigenvalue weighted by molar-refractivity contribution is -0.121. The lowest BCUT2D eigenvalue weighted by atomic mass is 9.89. The lowest BCUT2D eigenvalue weighted by Gasteiger charge is -2.30. The van der Waals surface area contributed by atoms with Crippen molar-refractivity contribution in [2.45, 2.75) is 63.8 Å². The molecule has 1 aliphatic rings. The predicted octanol–water partition coefficient (Wildman–Crippen LogP) is 3.87. The fourth-order valence-corrected chi connectivity index (χ4v) is 4.21. The molecule has 0 spiro atoms. The van der Waals surface area contributed by atoms with Crippen LogP contribution in [0.15, 0.2) is 41.1 Å². The van der Waals surface area contributed by atoms with Crippen LogP contribution in [0.1, 0.15) is 63.6 Å². The number of rotatable bonds is 6. The Balaban J connectivity index is 1.39. The zero-order valence-corrected chi connectivity index (χ0v) is 17.7. The summed E-state index contributed by atoms with van der Waals surface area (Å²) in [7, 11) is 0. The maximum Gasteiger partial charge on any atom is 0.227 e. The molecule has 0 aliphatic heterocycles. The quantitative estimate of drug-likeness (QED) is 0.585. The van der Waals surface area contributed by atoms with Crippen molar-refractivity contribution >= 4 is 28.4 Å². The maximum atomic E-state index is 12.4. The largest absolute Gasteiger partial charge is 0.343 e. The molecule has 0 bridgehead atoms. The molecule has 0 saturated heterocycles. The molecule has 0 atom stereocenters. The van der Waals surface area contributed by atoms with Gasteiger partial charge in [0.2, 0.25) is 17.7 Å². The second-order valence-corrected chi connectivity index (χ2v) is 8.15. The van der Waals surface area contributed by atoms with Gasteiger partial charge < -0.3 is 15.2 Å². The smallest absolute Gasteiger partial charge is 0.227 e. The summed E-state index contributed by atoms with van der Waals surface area (Å²) in [6.45, 7) is 1.51. The van der Waals surface area contributed by atoms with E-state index in [1.54, 1.807) is 6.20 Å². The van der Waals surface area contributed by atoms with Crippen LogP contribution in [0.4, 0.5) is 5.69 Å². The first-order chi connectivity index (χ1) is 15.0. The highest BCUT2D eigenvalue weighted by atomic mass is 16.5. The molecule has 2 aromatic heterocycles. The van der Waals surface area contributed by atoms with E-state index in [1.807, 2.05) is 30.3 Å². The van der Waals surface area contributed by atoms with Crippen LogP contribution in [0.2, 0.25) is 0 Å². The Bertz CT molecular complexity index is 1070. The summed E-state index contributed by atoms with van der Waals surface area (Å²) in [6, 6.07) is 9.64. The summed E-state index contributed by atoms with van der Waals surface area (Å²) in [5, 5.41) is 11.1. The summed E-state index contributed by atoms with van der Waals surface area (Å²) in [4.78, 5) is 33.1. The fraction of sp³-hybridized carbons (Fsp3) is 0.435. The van der Waals surface area contributed by atoms with Crippen molar-refractivity contribution in [3.63, 3.8) is 0 Å². The van der Waals surface area contributed by atoms with Crippen LogP contribution >= 0.6 is 0 Å². The third-order valence-corrected chi connectivity index (χ3v) is 5.71. The minimum Gasteiger partial charge on any atom is -0.343 e. The number of amides is 2. The number of benzene rings is 1. The van der Waals surface area contributed by atoms with Crippen molar-refractivity contribution in [3.05, 3.63) is 48.2 Å². The Kier molecular flexibility index (Phi) is 6.25. The van der Waals surface area contributed by atoms with E-state index in [4.69, 9.17) is 4.52 Å². The van der Waals surface area contributed by atoms with Gasteiger partial charge in [0.25, 0.3) is 0 Å². The number of hydrogen-bond acceptors (Lipinski definition) is 6. The average molecular weight is 422 g/mol. The fourth-order valence-electron chi connectivity index (χ4n) is 4.21. The first-order valence-corrected chi connectivity index (χ1v) is 10.8. The van der Waals surface area contributed by atoms with Crippen molar-refractivity contribution < 1.29 is 14.1 Å². The molecule has 1 saturated carbocycles. The number of fused-ring (bicyclic) bond motifs is 1. The monoisotopic (exact) mass is 421 g/mol. The number of aryl methyl sites for hydroxylation is 1. The average Bonchev–Trinajstić information content (AvgIpc) is 3.12. The van der Waals surface area contributed by atoms with Gasteiger partial charge in [-0.2, -0.15) is 4.98 Å². The van der Waals surface area contributed by atoms with Crippen molar-refractivity contribution in [1.82, 2.24) is 20.4 Å². The van der Waals surface area contributed by atoms with Crippen molar-refractivity contribution in [1.29, 1.82) is 0 Å². The van der Waals surface area contributed by atoms with Crippen molar-refractivity contribution in [3.8, 4) is 0 Å². The lowest BCUT2D eigenvalue weighted by Crippen LogP contribution is -2.45. The van der Waals surface area contributed by atoms with Gasteiger partial charge in [0, 0.05) is 25.2 Å². The number of nitrogens with one attached hydrogen (secondary N) is 2. The van der Waals surface area contributed by atoms with Crippen molar-refractivity contribution in [2.75, 3.05) is 5.32 Å². The third-order valence-electron chi connectivity index (χ3n) is 5.71. The van der Waals surface area contributed by atoms with E-state index in [2.05, 4.69) is 25.8 Å². The van der Waals surface area contributed by atoms with Gasteiger partial charge >= 0.3 is 0 Å². The molecule has 0 radical (unpaired) electrons. The molecule has 1 fully saturated rings. The van der Waals surface area contributed by atoms with E-state index in [-0.39, 0.29) is 18.2 Å². The Hall–Kier alpha value is -3.29. The summed E-state index contributed by atoms with van der Waals surface area (Å²) in [5.74, 6) is 0.661. The normalized spacial score (nSPS) is 15.9. The van der Waals surface area contributed by atoms with Gasteiger partial charge in [0.15, 0.2) is 5.82 Å². The van der Waals surface area contributed by atoms with Crippen LogP contribution in [0.25, 0.3) is 10.9 Å². The molecule has 162 valence electrons. The molecule has 2 amide bonds. The van der Waals surface area contributed by atoms with Gasteiger partial charge in [-0.15, -0.1) is 0 Å².